The number of aliphatic hydroxyl groups is 1. The Kier molecular flexibility index (Phi) is 7.36. The lowest BCUT2D eigenvalue weighted by atomic mass is 10.1. The number of fused-ring (bicyclic) bond motifs is 4. The fraction of sp³-hybridized carbons (Fsp3) is 0.444. The summed E-state index contributed by atoms with van der Waals surface area (Å²) in [5, 5.41) is 28.4. The average molecular weight is 532 g/mol. The zero-order valence-corrected chi connectivity index (χ0v) is 22.9. The van der Waals surface area contributed by atoms with E-state index in [4.69, 9.17) is 14.5 Å². The standard InChI is InChI=1S/C27H33N9O3/c1-6-34-13-18(3)39-27-25(19(4)31-33(27)5)22-14-35-20(11-29-22)12-30-24(35)8-7-21-23(15-34)36(17(2)16-37)32-26(21)38-10-9-28/h7-8,11-12,14,17-18,37H,6,10,13,15-16H2,1-5H3/b8-7+/t17-,18-/m0/s1. The van der Waals surface area contributed by atoms with Gasteiger partial charge in [-0.2, -0.15) is 10.4 Å². The molecule has 2 atom stereocenters. The van der Waals surface area contributed by atoms with Crippen LogP contribution < -0.4 is 9.47 Å². The highest BCUT2D eigenvalue weighted by molar-refractivity contribution is 5.73. The zero-order chi connectivity index (χ0) is 27.7. The molecular weight excluding hydrogens is 498 g/mol. The molecule has 0 radical (unpaired) electrons. The quantitative estimate of drug-likeness (QED) is 0.413. The molecule has 0 spiro atoms. The highest BCUT2D eigenvalue weighted by Gasteiger charge is 2.25. The van der Waals surface area contributed by atoms with Crippen LogP contribution in [0.3, 0.4) is 0 Å². The number of nitrogens with zero attached hydrogens (tertiary/aromatic N) is 9. The molecule has 0 saturated carbocycles. The molecule has 4 aromatic rings. The largest absolute Gasteiger partial charge is 0.473 e. The van der Waals surface area contributed by atoms with Crippen LogP contribution in [0, 0.1) is 18.3 Å². The molecule has 0 saturated heterocycles. The van der Waals surface area contributed by atoms with Crippen molar-refractivity contribution in [2.24, 2.45) is 7.05 Å². The predicted molar refractivity (Wildman–Crippen MR) is 145 cm³/mol. The molecule has 39 heavy (non-hydrogen) atoms. The molecule has 4 aromatic heterocycles. The van der Waals surface area contributed by atoms with Gasteiger partial charge in [0, 0.05) is 26.3 Å². The van der Waals surface area contributed by atoms with Crippen LogP contribution in [0.15, 0.2) is 18.6 Å². The summed E-state index contributed by atoms with van der Waals surface area (Å²) in [6.07, 6.45) is 9.13. The number of aromatic nitrogens is 7. The second-order valence-electron chi connectivity index (χ2n) is 9.75. The van der Waals surface area contributed by atoms with Crippen molar-refractivity contribution < 1.29 is 14.6 Å². The van der Waals surface area contributed by atoms with Crippen molar-refractivity contribution in [1.29, 1.82) is 5.26 Å². The van der Waals surface area contributed by atoms with Crippen LogP contribution in [-0.4, -0.2) is 76.3 Å². The van der Waals surface area contributed by atoms with E-state index in [0.29, 0.717) is 30.7 Å². The molecule has 0 fully saturated rings. The molecular formula is C27H33N9O3. The Morgan fingerprint density at radius 3 is 2.79 bits per heavy atom. The van der Waals surface area contributed by atoms with Crippen LogP contribution in [0.1, 0.15) is 49.6 Å². The number of hydrogen-bond donors (Lipinski definition) is 1. The van der Waals surface area contributed by atoms with Crippen molar-refractivity contribution in [3.05, 3.63) is 41.4 Å². The number of aryl methyl sites for hydroxylation is 2. The Balaban J connectivity index is 1.73. The van der Waals surface area contributed by atoms with Gasteiger partial charge in [0.25, 0.3) is 0 Å². The summed E-state index contributed by atoms with van der Waals surface area (Å²) in [7, 11) is 1.87. The normalized spacial score (nSPS) is 17.5. The average Bonchev–Trinajstić information content (AvgIpc) is 3.57. The van der Waals surface area contributed by atoms with Crippen molar-refractivity contribution in [2.45, 2.75) is 46.4 Å². The molecule has 1 aliphatic heterocycles. The summed E-state index contributed by atoms with van der Waals surface area (Å²) in [6, 6.07) is 1.73. The van der Waals surface area contributed by atoms with Gasteiger partial charge in [-0.15, -0.1) is 5.10 Å². The van der Waals surface area contributed by atoms with Crippen molar-refractivity contribution in [1.82, 2.24) is 38.8 Å². The smallest absolute Gasteiger partial charge is 0.241 e. The topological polar surface area (TPSA) is 132 Å². The number of imidazole rings is 1. The summed E-state index contributed by atoms with van der Waals surface area (Å²) in [6.45, 7) is 9.65. The number of aliphatic hydroxyl groups excluding tert-OH is 1. The van der Waals surface area contributed by atoms with E-state index in [1.807, 2.05) is 56.6 Å². The lowest BCUT2D eigenvalue weighted by Gasteiger charge is -2.26. The Hall–Kier alpha value is -4.21. The first-order valence-electron chi connectivity index (χ1n) is 13.0. The zero-order valence-electron chi connectivity index (χ0n) is 22.9. The summed E-state index contributed by atoms with van der Waals surface area (Å²) in [5.74, 6) is 1.68. The van der Waals surface area contributed by atoms with Crippen molar-refractivity contribution in [3.63, 3.8) is 0 Å². The van der Waals surface area contributed by atoms with E-state index in [1.54, 1.807) is 21.8 Å². The highest BCUT2D eigenvalue weighted by atomic mass is 16.5. The van der Waals surface area contributed by atoms with Gasteiger partial charge >= 0.3 is 0 Å². The van der Waals surface area contributed by atoms with Crippen LogP contribution in [0.5, 0.6) is 11.8 Å². The molecule has 0 unspecified atom stereocenters. The molecule has 204 valence electrons. The van der Waals surface area contributed by atoms with Crippen LogP contribution in [0.25, 0.3) is 28.9 Å². The van der Waals surface area contributed by atoms with Gasteiger partial charge in [0.05, 0.1) is 58.8 Å². The summed E-state index contributed by atoms with van der Waals surface area (Å²) in [5.41, 5.74) is 4.84. The van der Waals surface area contributed by atoms with Gasteiger partial charge in [-0.3, -0.25) is 19.0 Å². The van der Waals surface area contributed by atoms with Crippen molar-refractivity contribution >= 4 is 17.7 Å². The molecule has 0 aliphatic carbocycles. The number of hydrogen-bond acceptors (Lipinski definition) is 9. The summed E-state index contributed by atoms with van der Waals surface area (Å²) in [4.78, 5) is 11.6. The number of rotatable bonds is 5. The molecule has 1 N–H and O–H groups in total. The van der Waals surface area contributed by atoms with E-state index in [-0.39, 0.29) is 25.4 Å². The van der Waals surface area contributed by atoms with Crippen LogP contribution in [0.4, 0.5) is 0 Å². The van der Waals surface area contributed by atoms with E-state index >= 15 is 0 Å². The Bertz CT molecular complexity index is 1560. The van der Waals surface area contributed by atoms with E-state index < -0.39 is 0 Å². The first-order chi connectivity index (χ1) is 18.8. The summed E-state index contributed by atoms with van der Waals surface area (Å²) >= 11 is 0. The molecule has 12 nitrogen and oxygen atoms in total. The minimum Gasteiger partial charge on any atom is -0.473 e. The van der Waals surface area contributed by atoms with E-state index in [0.717, 1.165) is 40.3 Å². The van der Waals surface area contributed by atoms with Gasteiger partial charge in [0.15, 0.2) is 6.61 Å². The third kappa shape index (κ3) is 4.98. The predicted octanol–water partition coefficient (Wildman–Crippen LogP) is 2.86. The highest BCUT2D eigenvalue weighted by Crippen LogP contribution is 2.34. The number of ether oxygens (including phenoxy) is 2. The van der Waals surface area contributed by atoms with Crippen LogP contribution in [0.2, 0.25) is 0 Å². The molecule has 5 rings (SSSR count). The minimum atomic E-state index is -0.290. The van der Waals surface area contributed by atoms with Gasteiger partial charge in [-0.05, 0) is 39.5 Å². The Morgan fingerprint density at radius 1 is 1.26 bits per heavy atom. The second kappa shape index (κ2) is 10.9. The third-order valence-electron chi connectivity index (χ3n) is 6.89. The molecule has 12 heteroatoms. The lowest BCUT2D eigenvalue weighted by molar-refractivity contribution is 0.132. The second-order valence-corrected chi connectivity index (χ2v) is 9.75. The maximum atomic E-state index is 9.99. The van der Waals surface area contributed by atoms with Crippen LogP contribution >= 0.6 is 0 Å². The van der Waals surface area contributed by atoms with Crippen molar-refractivity contribution in [2.75, 3.05) is 26.3 Å². The molecule has 5 heterocycles. The maximum Gasteiger partial charge on any atom is 0.241 e. The number of likely N-dealkylation sites (N-methyl/N-ethyl adjacent to an activating group) is 1. The fourth-order valence-corrected chi connectivity index (χ4v) is 4.94. The van der Waals surface area contributed by atoms with E-state index in [9.17, 15) is 10.4 Å². The van der Waals surface area contributed by atoms with Crippen LogP contribution in [-0.2, 0) is 13.6 Å². The number of nitriles is 1. The van der Waals surface area contributed by atoms with Crippen molar-refractivity contribution in [3.8, 4) is 29.1 Å². The van der Waals surface area contributed by atoms with E-state index in [1.165, 1.54) is 0 Å². The van der Waals surface area contributed by atoms with Gasteiger partial charge in [0.2, 0.25) is 11.8 Å². The molecule has 1 aliphatic rings. The minimum absolute atomic E-state index is 0.0928. The monoisotopic (exact) mass is 531 g/mol. The fourth-order valence-electron chi connectivity index (χ4n) is 4.94. The van der Waals surface area contributed by atoms with E-state index in [2.05, 4.69) is 27.0 Å². The SMILES string of the molecule is CCN1Cc2c(c(OCC#N)nn2[C@@H](C)CO)/C=C/c2ncc3cnc(cn23)-c2c(C)nn(C)c2O[C@@H](C)C1. The first-order valence-corrected chi connectivity index (χ1v) is 13.0. The molecule has 0 aromatic carbocycles. The van der Waals surface area contributed by atoms with Gasteiger partial charge in [0.1, 0.15) is 18.0 Å². The summed E-state index contributed by atoms with van der Waals surface area (Å²) < 4.78 is 17.8. The Morgan fingerprint density at radius 2 is 2.05 bits per heavy atom. The molecule has 0 amide bonds. The molecule has 2 bridgehead atoms. The maximum absolute atomic E-state index is 9.99. The van der Waals surface area contributed by atoms with Gasteiger partial charge in [-0.25, -0.2) is 9.67 Å². The van der Waals surface area contributed by atoms with Gasteiger partial charge in [-0.1, -0.05) is 6.92 Å². The first kappa shape index (κ1) is 26.4. The Labute approximate surface area is 226 Å². The third-order valence-corrected chi connectivity index (χ3v) is 6.89. The van der Waals surface area contributed by atoms with Gasteiger partial charge < -0.3 is 14.6 Å². The lowest BCUT2D eigenvalue weighted by Crippen LogP contribution is -2.35.